The van der Waals surface area contributed by atoms with E-state index in [1.54, 1.807) is 0 Å². The quantitative estimate of drug-likeness (QED) is 0.902. The van der Waals surface area contributed by atoms with Crippen LogP contribution in [0, 0.1) is 20.8 Å². The molecular formula is C15H22N6OS. The Kier molecular flexibility index (Phi) is 4.72. The van der Waals surface area contributed by atoms with Crippen molar-refractivity contribution in [3.05, 3.63) is 22.7 Å². The van der Waals surface area contributed by atoms with Gasteiger partial charge in [-0.1, -0.05) is 0 Å². The molecule has 1 unspecified atom stereocenters. The number of carbonyl (C=O) groups excluding carboxylic acids is 1. The minimum atomic E-state index is -0.00209. The highest BCUT2D eigenvalue weighted by Crippen LogP contribution is 2.20. The van der Waals surface area contributed by atoms with Crippen LogP contribution in [0.15, 0.2) is 5.38 Å². The van der Waals surface area contributed by atoms with Gasteiger partial charge in [0.2, 0.25) is 5.91 Å². The van der Waals surface area contributed by atoms with Crippen molar-refractivity contribution in [1.82, 2.24) is 24.6 Å². The van der Waals surface area contributed by atoms with Crippen molar-refractivity contribution in [2.24, 2.45) is 0 Å². The molecule has 7 nitrogen and oxygen atoms in total. The van der Waals surface area contributed by atoms with Crippen LogP contribution in [0.3, 0.4) is 0 Å². The second-order valence-corrected chi connectivity index (χ2v) is 6.86. The second kappa shape index (κ2) is 6.76. The molecule has 1 N–H and O–H groups in total. The molecule has 2 aromatic rings. The first-order valence-electron chi connectivity index (χ1n) is 7.85. The van der Waals surface area contributed by atoms with Gasteiger partial charge in [-0.3, -0.25) is 9.69 Å². The molecule has 23 heavy (non-hydrogen) atoms. The number of carbonyl (C=O) groups is 1. The molecule has 1 saturated heterocycles. The zero-order valence-corrected chi connectivity index (χ0v) is 14.6. The number of nitrogens with zero attached hydrogens (tertiary/aromatic N) is 5. The van der Waals surface area contributed by atoms with E-state index in [2.05, 4.69) is 25.3 Å². The molecule has 1 amide bonds. The number of aryl methyl sites for hydroxylation is 3. The highest BCUT2D eigenvalue weighted by atomic mass is 32.1. The number of aromatic nitrogens is 4. The molecule has 2 aromatic heterocycles. The van der Waals surface area contributed by atoms with Crippen molar-refractivity contribution in [2.75, 3.05) is 18.4 Å². The van der Waals surface area contributed by atoms with E-state index in [4.69, 9.17) is 0 Å². The molecule has 1 aliphatic rings. The van der Waals surface area contributed by atoms with Gasteiger partial charge in [0.05, 0.1) is 18.8 Å². The number of anilines is 1. The monoisotopic (exact) mass is 334 g/mol. The standard InChI is InChI=1S/C15H22N6OS/c1-10-9-23-15(16-10)18-14(22)8-20-6-4-5-13(20)7-21-12(3)17-11(2)19-21/h9,13H,4-8H2,1-3H3,(H,16,18,22). The van der Waals surface area contributed by atoms with Crippen molar-refractivity contribution >= 4 is 22.4 Å². The van der Waals surface area contributed by atoms with Gasteiger partial charge < -0.3 is 5.32 Å². The summed E-state index contributed by atoms with van der Waals surface area (Å²) in [5, 5.41) is 9.92. The van der Waals surface area contributed by atoms with Gasteiger partial charge in [0, 0.05) is 11.4 Å². The topological polar surface area (TPSA) is 75.9 Å². The molecule has 3 heterocycles. The third-order valence-corrected chi connectivity index (χ3v) is 4.93. The molecule has 0 spiro atoms. The Hall–Kier alpha value is -1.80. The average molecular weight is 334 g/mol. The normalized spacial score (nSPS) is 18.5. The molecule has 3 rings (SSSR count). The van der Waals surface area contributed by atoms with Crippen LogP contribution in [0.1, 0.15) is 30.2 Å². The summed E-state index contributed by atoms with van der Waals surface area (Å²) in [6.07, 6.45) is 2.20. The predicted molar refractivity (Wildman–Crippen MR) is 89.6 cm³/mol. The van der Waals surface area contributed by atoms with E-state index < -0.39 is 0 Å². The Morgan fingerprint density at radius 2 is 2.22 bits per heavy atom. The smallest absolute Gasteiger partial charge is 0.240 e. The van der Waals surface area contributed by atoms with Gasteiger partial charge in [-0.25, -0.2) is 14.6 Å². The number of thiazole rings is 1. The first kappa shape index (κ1) is 16.1. The molecule has 0 bridgehead atoms. The van der Waals surface area contributed by atoms with E-state index in [0.717, 1.165) is 43.3 Å². The second-order valence-electron chi connectivity index (χ2n) is 6.00. The SMILES string of the molecule is Cc1csc(NC(=O)CN2CCCC2Cn2nc(C)nc2C)n1. The van der Waals surface area contributed by atoms with Gasteiger partial charge in [0.1, 0.15) is 11.6 Å². The number of hydrogen-bond donors (Lipinski definition) is 1. The van der Waals surface area contributed by atoms with Crippen LogP contribution in [-0.4, -0.2) is 49.7 Å². The first-order chi connectivity index (χ1) is 11.0. The maximum absolute atomic E-state index is 12.2. The lowest BCUT2D eigenvalue weighted by Gasteiger charge is -2.23. The molecule has 124 valence electrons. The predicted octanol–water partition coefficient (Wildman–Crippen LogP) is 1.76. The molecule has 8 heteroatoms. The van der Waals surface area contributed by atoms with Gasteiger partial charge >= 0.3 is 0 Å². The Bertz CT molecular complexity index is 694. The summed E-state index contributed by atoms with van der Waals surface area (Å²) < 4.78 is 1.94. The van der Waals surface area contributed by atoms with Gasteiger partial charge in [-0.15, -0.1) is 11.3 Å². The van der Waals surface area contributed by atoms with Crippen molar-refractivity contribution < 1.29 is 4.79 Å². The number of likely N-dealkylation sites (tertiary alicyclic amines) is 1. The fourth-order valence-corrected chi connectivity index (χ4v) is 3.70. The van der Waals surface area contributed by atoms with Crippen molar-refractivity contribution in [3.8, 4) is 0 Å². The maximum Gasteiger partial charge on any atom is 0.240 e. The Morgan fingerprint density at radius 1 is 1.39 bits per heavy atom. The summed E-state index contributed by atoms with van der Waals surface area (Å²) in [5.41, 5.74) is 0.932. The molecule has 1 atom stereocenters. The van der Waals surface area contributed by atoms with Crippen LogP contribution in [-0.2, 0) is 11.3 Å². The van der Waals surface area contributed by atoms with Crippen LogP contribution >= 0.6 is 11.3 Å². The largest absolute Gasteiger partial charge is 0.301 e. The number of hydrogen-bond acceptors (Lipinski definition) is 6. The van der Waals surface area contributed by atoms with Gasteiger partial charge in [-0.2, -0.15) is 5.10 Å². The molecule has 1 aliphatic heterocycles. The van der Waals surface area contributed by atoms with Gasteiger partial charge in [0.15, 0.2) is 5.13 Å². The lowest BCUT2D eigenvalue weighted by atomic mass is 10.2. The number of rotatable bonds is 5. The fourth-order valence-electron chi connectivity index (χ4n) is 3.00. The molecule has 0 aromatic carbocycles. The highest BCUT2D eigenvalue weighted by molar-refractivity contribution is 7.13. The molecule has 0 aliphatic carbocycles. The molecule has 0 saturated carbocycles. The molecular weight excluding hydrogens is 312 g/mol. The molecule has 1 fully saturated rings. The fraction of sp³-hybridized carbons (Fsp3) is 0.600. The number of amides is 1. The minimum absolute atomic E-state index is 0.00209. The maximum atomic E-state index is 12.2. The van der Waals surface area contributed by atoms with Crippen LogP contribution in [0.2, 0.25) is 0 Å². The molecule has 0 radical (unpaired) electrons. The van der Waals surface area contributed by atoms with Gasteiger partial charge in [0.25, 0.3) is 0 Å². The average Bonchev–Trinajstić information content (AvgIpc) is 3.15. The summed E-state index contributed by atoms with van der Waals surface area (Å²) in [4.78, 5) is 23.1. The summed E-state index contributed by atoms with van der Waals surface area (Å²) in [5.74, 6) is 1.72. The van der Waals surface area contributed by atoms with E-state index in [1.165, 1.54) is 11.3 Å². The van der Waals surface area contributed by atoms with Crippen molar-refractivity contribution in [2.45, 2.75) is 46.2 Å². The Balaban J connectivity index is 1.58. The van der Waals surface area contributed by atoms with E-state index >= 15 is 0 Å². The van der Waals surface area contributed by atoms with E-state index in [9.17, 15) is 4.79 Å². The van der Waals surface area contributed by atoms with Gasteiger partial charge in [-0.05, 0) is 40.2 Å². The summed E-state index contributed by atoms with van der Waals surface area (Å²) in [7, 11) is 0. The van der Waals surface area contributed by atoms with Crippen LogP contribution in [0.5, 0.6) is 0 Å². The zero-order valence-electron chi connectivity index (χ0n) is 13.7. The van der Waals surface area contributed by atoms with E-state index in [1.807, 2.05) is 30.8 Å². The van der Waals surface area contributed by atoms with Crippen LogP contribution in [0.4, 0.5) is 5.13 Å². The lowest BCUT2D eigenvalue weighted by molar-refractivity contribution is -0.117. The van der Waals surface area contributed by atoms with Crippen LogP contribution < -0.4 is 5.32 Å². The summed E-state index contributed by atoms with van der Waals surface area (Å²) in [6.45, 7) is 7.93. The highest BCUT2D eigenvalue weighted by Gasteiger charge is 2.27. The third kappa shape index (κ3) is 3.94. The zero-order chi connectivity index (χ0) is 16.4. The summed E-state index contributed by atoms with van der Waals surface area (Å²) >= 11 is 1.46. The van der Waals surface area contributed by atoms with E-state index in [0.29, 0.717) is 17.7 Å². The lowest BCUT2D eigenvalue weighted by Crippen LogP contribution is -2.39. The Labute approximate surface area is 139 Å². The van der Waals surface area contributed by atoms with Crippen molar-refractivity contribution in [1.29, 1.82) is 0 Å². The van der Waals surface area contributed by atoms with E-state index in [-0.39, 0.29) is 5.91 Å². The minimum Gasteiger partial charge on any atom is -0.301 e. The van der Waals surface area contributed by atoms with Crippen molar-refractivity contribution in [3.63, 3.8) is 0 Å². The van der Waals surface area contributed by atoms with Crippen LogP contribution in [0.25, 0.3) is 0 Å². The summed E-state index contributed by atoms with van der Waals surface area (Å²) in [6, 6.07) is 0.332. The first-order valence-corrected chi connectivity index (χ1v) is 8.73. The number of nitrogens with one attached hydrogen (secondary N) is 1. The third-order valence-electron chi connectivity index (χ3n) is 4.06. The Morgan fingerprint density at radius 3 is 2.87 bits per heavy atom.